The maximum Gasteiger partial charge on any atom is 0.303 e. The van der Waals surface area contributed by atoms with Crippen molar-refractivity contribution in [3.63, 3.8) is 0 Å². The number of aliphatic hydroxyl groups is 4. The average Bonchev–Trinajstić information content (AvgIpc) is 3.47. The SMILES string of the molecule is CC(=O)O[C@@H]([C@H]1C[C@@H](C)C2=C(O1)[C@H](O)[C@@]1(C)[C@@H]3CCC4C(C)(C)[C@@H](O[C@@H]5OC[C@H](O)[C@H](O)[C@H]5C)CC[C@@]45[C@@H](C)[C@@]35CC[C@]21C)C(C)(C)O. The Balaban J connectivity index is 1.17. The Bertz CT molecular complexity index is 1350. The first-order valence-electron chi connectivity index (χ1n) is 18.8. The lowest BCUT2D eigenvalue weighted by Crippen LogP contribution is -2.60. The van der Waals surface area contributed by atoms with Gasteiger partial charge in [-0.2, -0.15) is 0 Å². The van der Waals surface area contributed by atoms with Gasteiger partial charge in [0.25, 0.3) is 0 Å². The summed E-state index contributed by atoms with van der Waals surface area (Å²) in [6.45, 7) is 20.8. The predicted octanol–water partition coefficient (Wildman–Crippen LogP) is 5.12. The highest BCUT2D eigenvalue weighted by atomic mass is 16.7. The Morgan fingerprint density at radius 3 is 2.25 bits per heavy atom. The molecule has 0 aromatic rings. The van der Waals surface area contributed by atoms with Crippen LogP contribution in [0.4, 0.5) is 0 Å². The summed E-state index contributed by atoms with van der Waals surface area (Å²) in [6.07, 6.45) is 2.42. The van der Waals surface area contributed by atoms with E-state index in [1.165, 1.54) is 12.5 Å². The van der Waals surface area contributed by atoms with Crippen LogP contribution in [-0.2, 0) is 23.7 Å². The fourth-order valence-corrected chi connectivity index (χ4v) is 13.9. The maximum atomic E-state index is 12.6. The maximum absolute atomic E-state index is 12.6. The molecule has 1 unspecified atom stereocenters. The summed E-state index contributed by atoms with van der Waals surface area (Å²) in [6, 6.07) is 0. The molecule has 48 heavy (non-hydrogen) atoms. The molecule has 2 heterocycles. The van der Waals surface area contributed by atoms with E-state index in [-0.39, 0.29) is 46.2 Å². The van der Waals surface area contributed by atoms with E-state index in [1.807, 2.05) is 6.92 Å². The molecule has 4 saturated carbocycles. The van der Waals surface area contributed by atoms with E-state index in [1.54, 1.807) is 13.8 Å². The van der Waals surface area contributed by atoms with Gasteiger partial charge >= 0.3 is 5.97 Å². The van der Waals surface area contributed by atoms with E-state index in [4.69, 9.17) is 18.9 Å². The molecule has 2 aliphatic heterocycles. The number of rotatable bonds is 5. The standard InChI is InChI=1S/C39H62O9/c1-19-17-24(32(35(7,8)44)46-22(4)40)47-30-28(19)36(9)15-16-39-21(3)38(39)14-13-27(48-33-20(2)29(42)23(41)18-45-33)34(5,6)25(38)11-12-26(39)37(36,10)31(30)43/h19-21,23-27,29,31-33,41-44H,11-18H2,1-10H3/t19-,20-,21-,23+,24-,25?,26+,27+,29-,31+,32+,33+,36-,37-,38-,39+/m1/s1. The smallest absolute Gasteiger partial charge is 0.303 e. The Hall–Kier alpha value is -1.23. The summed E-state index contributed by atoms with van der Waals surface area (Å²) in [5.74, 6) is 1.35. The molecule has 4 N–H and O–H groups in total. The number of allylic oxidation sites excluding steroid dienone is 1. The summed E-state index contributed by atoms with van der Waals surface area (Å²) >= 11 is 0. The molecule has 0 aromatic heterocycles. The van der Waals surface area contributed by atoms with E-state index >= 15 is 0 Å². The summed E-state index contributed by atoms with van der Waals surface area (Å²) in [7, 11) is 0. The molecule has 9 heteroatoms. The van der Waals surface area contributed by atoms with Gasteiger partial charge < -0.3 is 39.4 Å². The summed E-state index contributed by atoms with van der Waals surface area (Å²) in [5.41, 5.74) is -0.491. The minimum absolute atomic E-state index is 0.00737. The zero-order valence-electron chi connectivity index (χ0n) is 30.9. The predicted molar refractivity (Wildman–Crippen MR) is 178 cm³/mol. The third kappa shape index (κ3) is 4.27. The van der Waals surface area contributed by atoms with Crippen molar-refractivity contribution < 1.29 is 44.2 Å². The van der Waals surface area contributed by atoms with E-state index < -0.39 is 53.8 Å². The molecule has 272 valence electrons. The number of carbonyl (C=O) groups excluding carboxylic acids is 1. The number of fused-ring (bicyclic) bond motifs is 3. The lowest BCUT2D eigenvalue weighted by atomic mass is 9.41. The molecule has 5 fully saturated rings. The van der Waals surface area contributed by atoms with Crippen LogP contribution in [0.1, 0.15) is 114 Å². The van der Waals surface area contributed by atoms with Gasteiger partial charge in [0.1, 0.15) is 24.1 Å². The van der Waals surface area contributed by atoms with Crippen LogP contribution in [0.2, 0.25) is 0 Å². The second-order valence-electron chi connectivity index (χ2n) is 18.9. The van der Waals surface area contributed by atoms with Gasteiger partial charge in [-0.15, -0.1) is 0 Å². The van der Waals surface area contributed by atoms with Gasteiger partial charge in [-0.05, 0) is 104 Å². The molecule has 7 aliphatic rings. The molecule has 0 radical (unpaired) electrons. The molecular weight excluding hydrogens is 612 g/mol. The van der Waals surface area contributed by atoms with Gasteiger partial charge in [0.2, 0.25) is 0 Å². The Labute approximate surface area is 287 Å². The molecule has 16 atom stereocenters. The topological polar surface area (TPSA) is 135 Å². The molecule has 5 aliphatic carbocycles. The fraction of sp³-hybridized carbons (Fsp3) is 0.923. The van der Waals surface area contributed by atoms with Crippen molar-refractivity contribution in [2.75, 3.05) is 6.61 Å². The van der Waals surface area contributed by atoms with Gasteiger partial charge in [-0.1, -0.05) is 48.5 Å². The third-order valence-electron chi connectivity index (χ3n) is 16.3. The normalized spacial score (nSPS) is 52.9. The Morgan fingerprint density at radius 2 is 1.60 bits per heavy atom. The van der Waals surface area contributed by atoms with Crippen LogP contribution in [0, 0.1) is 56.7 Å². The van der Waals surface area contributed by atoms with Crippen LogP contribution in [0.3, 0.4) is 0 Å². The lowest BCUT2D eigenvalue weighted by molar-refractivity contribution is -0.286. The molecule has 9 nitrogen and oxygen atoms in total. The highest BCUT2D eigenvalue weighted by molar-refractivity contribution is 5.66. The van der Waals surface area contributed by atoms with E-state index in [9.17, 15) is 25.2 Å². The first-order valence-corrected chi connectivity index (χ1v) is 18.8. The number of carbonyl (C=O) groups is 1. The van der Waals surface area contributed by atoms with Crippen molar-refractivity contribution in [3.8, 4) is 0 Å². The number of esters is 1. The van der Waals surface area contributed by atoms with Crippen molar-refractivity contribution in [2.45, 2.75) is 163 Å². The second-order valence-corrected chi connectivity index (χ2v) is 18.9. The first kappa shape index (κ1) is 35.2. The Morgan fingerprint density at radius 1 is 0.958 bits per heavy atom. The molecule has 1 saturated heterocycles. The van der Waals surface area contributed by atoms with Gasteiger partial charge in [0.15, 0.2) is 12.4 Å². The summed E-state index contributed by atoms with van der Waals surface area (Å²) in [5, 5.41) is 44.3. The second kappa shape index (κ2) is 10.9. The van der Waals surface area contributed by atoms with Crippen LogP contribution in [-0.4, -0.2) is 81.5 Å². The van der Waals surface area contributed by atoms with Crippen molar-refractivity contribution in [1.82, 2.24) is 0 Å². The largest absolute Gasteiger partial charge is 0.488 e. The van der Waals surface area contributed by atoms with E-state index in [0.29, 0.717) is 29.9 Å². The van der Waals surface area contributed by atoms with Gasteiger partial charge in [0.05, 0.1) is 24.4 Å². The van der Waals surface area contributed by atoms with E-state index in [2.05, 4.69) is 41.5 Å². The lowest BCUT2D eigenvalue weighted by Gasteiger charge is -2.63. The van der Waals surface area contributed by atoms with Crippen LogP contribution in [0.5, 0.6) is 0 Å². The third-order valence-corrected chi connectivity index (χ3v) is 16.3. The van der Waals surface area contributed by atoms with Crippen molar-refractivity contribution in [3.05, 3.63) is 11.3 Å². The zero-order valence-corrected chi connectivity index (χ0v) is 30.9. The van der Waals surface area contributed by atoms with Crippen molar-refractivity contribution in [2.24, 2.45) is 56.7 Å². The van der Waals surface area contributed by atoms with Crippen molar-refractivity contribution in [1.29, 1.82) is 0 Å². The summed E-state index contributed by atoms with van der Waals surface area (Å²) in [4.78, 5) is 12.1. The highest BCUT2D eigenvalue weighted by Gasteiger charge is 2.87. The Kier molecular flexibility index (Phi) is 7.98. The van der Waals surface area contributed by atoms with Gasteiger partial charge in [-0.25, -0.2) is 0 Å². The first-order chi connectivity index (χ1) is 22.2. The number of ether oxygens (including phenoxy) is 4. The van der Waals surface area contributed by atoms with Crippen molar-refractivity contribution >= 4 is 5.97 Å². The van der Waals surface area contributed by atoms with Crippen LogP contribution >= 0.6 is 0 Å². The zero-order chi connectivity index (χ0) is 35.1. The molecule has 2 spiro atoms. The monoisotopic (exact) mass is 674 g/mol. The average molecular weight is 675 g/mol. The minimum atomic E-state index is -1.30. The molecule has 0 amide bonds. The van der Waals surface area contributed by atoms with Crippen LogP contribution in [0.15, 0.2) is 11.3 Å². The number of hydrogen-bond acceptors (Lipinski definition) is 9. The van der Waals surface area contributed by atoms with Gasteiger partial charge in [0, 0.05) is 23.7 Å². The molecule has 0 aromatic carbocycles. The van der Waals surface area contributed by atoms with Crippen LogP contribution in [0.25, 0.3) is 0 Å². The number of hydrogen-bond donors (Lipinski definition) is 4. The number of aliphatic hydroxyl groups excluding tert-OH is 3. The highest BCUT2D eigenvalue weighted by Crippen LogP contribution is 2.91. The van der Waals surface area contributed by atoms with E-state index in [0.717, 1.165) is 38.5 Å². The minimum Gasteiger partial charge on any atom is -0.488 e. The van der Waals surface area contributed by atoms with Gasteiger partial charge in [-0.3, -0.25) is 4.79 Å². The molecule has 7 rings (SSSR count). The summed E-state index contributed by atoms with van der Waals surface area (Å²) < 4.78 is 25.1. The van der Waals surface area contributed by atoms with Crippen LogP contribution < -0.4 is 0 Å². The quantitative estimate of drug-likeness (QED) is 0.232. The molecular formula is C39H62O9. The fourth-order valence-electron chi connectivity index (χ4n) is 13.9. The molecule has 0 bridgehead atoms.